The molecular formula is C24H25ClN4O. The minimum atomic E-state index is 0.0223. The van der Waals surface area contributed by atoms with E-state index in [2.05, 4.69) is 18.8 Å². The van der Waals surface area contributed by atoms with E-state index >= 15 is 0 Å². The summed E-state index contributed by atoms with van der Waals surface area (Å²) in [5, 5.41) is 6.03. The largest absolute Gasteiger partial charge is 0.311 e. The smallest absolute Gasteiger partial charge is 0.261 e. The van der Waals surface area contributed by atoms with Crippen LogP contribution in [0.15, 0.2) is 47.5 Å². The molecule has 1 saturated carbocycles. The predicted octanol–water partition coefficient (Wildman–Crippen LogP) is 5.67. The minimum absolute atomic E-state index is 0.0223. The van der Waals surface area contributed by atoms with Gasteiger partial charge in [-0.15, -0.1) is 0 Å². The molecule has 5 rings (SSSR count). The van der Waals surface area contributed by atoms with E-state index < -0.39 is 0 Å². The van der Waals surface area contributed by atoms with Gasteiger partial charge >= 0.3 is 0 Å². The summed E-state index contributed by atoms with van der Waals surface area (Å²) >= 11 is 6.05. The summed E-state index contributed by atoms with van der Waals surface area (Å²) in [5.41, 5.74) is 4.41. The molecular weight excluding hydrogens is 396 g/mol. The Hall–Kier alpha value is -2.66. The fourth-order valence-electron chi connectivity index (χ4n) is 4.95. The Kier molecular flexibility index (Phi) is 4.66. The molecule has 5 nitrogen and oxygen atoms in total. The van der Waals surface area contributed by atoms with Gasteiger partial charge in [0.05, 0.1) is 16.6 Å². The summed E-state index contributed by atoms with van der Waals surface area (Å²) in [6.07, 6.45) is 7.11. The minimum Gasteiger partial charge on any atom is -0.311 e. The molecule has 3 atom stereocenters. The van der Waals surface area contributed by atoms with E-state index in [0.717, 1.165) is 34.4 Å². The molecule has 3 heterocycles. The second kappa shape index (κ2) is 7.24. The first kappa shape index (κ1) is 19.3. The van der Waals surface area contributed by atoms with E-state index in [9.17, 15) is 4.79 Å². The van der Waals surface area contributed by atoms with Gasteiger partial charge in [-0.25, -0.2) is 9.50 Å². The molecule has 154 valence electrons. The number of rotatable bonds is 2. The van der Waals surface area contributed by atoms with Gasteiger partial charge in [0.1, 0.15) is 0 Å². The molecule has 0 bridgehead atoms. The maximum absolute atomic E-state index is 13.4. The maximum Gasteiger partial charge on any atom is 0.261 e. The van der Waals surface area contributed by atoms with Gasteiger partial charge < -0.3 is 4.57 Å². The van der Waals surface area contributed by atoms with Gasteiger partial charge in [0.2, 0.25) is 0 Å². The summed E-state index contributed by atoms with van der Waals surface area (Å²) in [6, 6.07) is 9.93. The number of hydrogen-bond donors (Lipinski definition) is 0. The third-order valence-corrected chi connectivity index (χ3v) is 7.12. The van der Waals surface area contributed by atoms with Gasteiger partial charge in [-0.1, -0.05) is 50.4 Å². The van der Waals surface area contributed by atoms with Gasteiger partial charge in [0.15, 0.2) is 5.65 Å². The lowest BCUT2D eigenvalue weighted by molar-refractivity contribution is 0.183. The second-order valence-corrected chi connectivity index (χ2v) is 9.06. The number of benzene rings is 1. The van der Waals surface area contributed by atoms with Crippen molar-refractivity contribution in [2.45, 2.75) is 46.1 Å². The fourth-order valence-corrected chi connectivity index (χ4v) is 5.08. The zero-order valence-electron chi connectivity index (χ0n) is 17.5. The van der Waals surface area contributed by atoms with Gasteiger partial charge in [-0.05, 0) is 48.9 Å². The average Bonchev–Trinajstić information content (AvgIpc) is 3.08. The molecule has 0 amide bonds. The predicted molar refractivity (Wildman–Crippen MR) is 121 cm³/mol. The molecule has 6 heteroatoms. The lowest BCUT2D eigenvalue weighted by atomic mass is 9.78. The van der Waals surface area contributed by atoms with Crippen LogP contribution in [0.1, 0.15) is 44.8 Å². The third-order valence-electron chi connectivity index (χ3n) is 6.87. The molecule has 0 spiro atoms. The number of aromatic nitrogens is 4. The molecule has 0 N–H and O–H groups in total. The van der Waals surface area contributed by atoms with Crippen LogP contribution in [0, 0.1) is 18.8 Å². The Morgan fingerprint density at radius 1 is 1.10 bits per heavy atom. The van der Waals surface area contributed by atoms with Crippen LogP contribution in [-0.4, -0.2) is 19.2 Å². The Morgan fingerprint density at radius 3 is 2.63 bits per heavy atom. The van der Waals surface area contributed by atoms with Crippen LogP contribution in [0.5, 0.6) is 0 Å². The number of pyridine rings is 1. The summed E-state index contributed by atoms with van der Waals surface area (Å²) in [6.45, 7) is 6.53. The molecule has 0 unspecified atom stereocenters. The van der Waals surface area contributed by atoms with Crippen molar-refractivity contribution in [2.24, 2.45) is 11.8 Å². The highest BCUT2D eigenvalue weighted by Gasteiger charge is 2.29. The fraction of sp³-hybridized carbons (Fsp3) is 0.375. The number of nitrogens with zero attached hydrogens (tertiary/aromatic N) is 4. The van der Waals surface area contributed by atoms with Gasteiger partial charge in [-0.2, -0.15) is 5.10 Å². The first-order valence-electron chi connectivity index (χ1n) is 10.6. The van der Waals surface area contributed by atoms with E-state index in [1.54, 1.807) is 10.7 Å². The highest BCUT2D eigenvalue weighted by atomic mass is 35.5. The highest BCUT2D eigenvalue weighted by molar-refractivity contribution is 6.30. The molecule has 0 saturated heterocycles. The standard InChI is InChI=1S/C24H25ClN4O/c1-14-5-4-6-20(15(14)2)28-12-11-21-19(24(28)30)13-26-23-22(16(3)27-29(21)23)17-7-9-18(25)10-8-17/h7-15,20H,4-6H2,1-3H3/t14-,15-,20+/m0/s1. The summed E-state index contributed by atoms with van der Waals surface area (Å²) in [7, 11) is 0. The summed E-state index contributed by atoms with van der Waals surface area (Å²) in [5.74, 6) is 1.11. The highest BCUT2D eigenvalue weighted by Crippen LogP contribution is 2.37. The van der Waals surface area contributed by atoms with Crippen molar-refractivity contribution >= 4 is 28.2 Å². The van der Waals surface area contributed by atoms with Crippen LogP contribution in [0.3, 0.4) is 0 Å². The van der Waals surface area contributed by atoms with Crippen LogP contribution in [0.4, 0.5) is 0 Å². The second-order valence-electron chi connectivity index (χ2n) is 8.62. The quantitative estimate of drug-likeness (QED) is 0.419. The number of halogens is 1. The van der Waals surface area contributed by atoms with E-state index in [1.165, 1.54) is 12.8 Å². The van der Waals surface area contributed by atoms with Crippen LogP contribution in [0.2, 0.25) is 5.02 Å². The Labute approximate surface area is 180 Å². The lowest BCUT2D eigenvalue weighted by Crippen LogP contribution is -2.33. The average molecular weight is 421 g/mol. The first-order chi connectivity index (χ1) is 14.5. The molecule has 30 heavy (non-hydrogen) atoms. The number of aryl methyl sites for hydroxylation is 1. The first-order valence-corrected chi connectivity index (χ1v) is 11.0. The van der Waals surface area contributed by atoms with Crippen molar-refractivity contribution in [1.29, 1.82) is 0 Å². The Morgan fingerprint density at radius 2 is 1.87 bits per heavy atom. The molecule has 3 aromatic heterocycles. The van der Waals surface area contributed by atoms with Crippen molar-refractivity contribution in [3.63, 3.8) is 0 Å². The van der Waals surface area contributed by atoms with Gasteiger partial charge in [0.25, 0.3) is 5.56 Å². The topological polar surface area (TPSA) is 52.2 Å². The van der Waals surface area contributed by atoms with E-state index in [1.807, 2.05) is 48.0 Å². The monoisotopic (exact) mass is 420 g/mol. The molecule has 1 aromatic carbocycles. The SMILES string of the molecule is Cc1nn2c(ncc3c(=O)n([C@@H]4CCC[C@H](C)[C@@H]4C)ccc32)c1-c1ccc(Cl)cc1. The molecule has 4 aromatic rings. The van der Waals surface area contributed by atoms with E-state index in [-0.39, 0.29) is 11.6 Å². The normalized spacial score (nSPS) is 22.1. The van der Waals surface area contributed by atoms with Crippen LogP contribution in [-0.2, 0) is 0 Å². The van der Waals surface area contributed by atoms with Gasteiger partial charge in [-0.3, -0.25) is 4.79 Å². The van der Waals surface area contributed by atoms with Gasteiger partial charge in [0, 0.05) is 29.0 Å². The van der Waals surface area contributed by atoms with Crippen LogP contribution in [0.25, 0.3) is 27.7 Å². The molecule has 1 aliphatic rings. The summed E-state index contributed by atoms with van der Waals surface area (Å²) in [4.78, 5) is 18.1. The van der Waals surface area contributed by atoms with Crippen molar-refractivity contribution in [2.75, 3.05) is 0 Å². The number of fused-ring (bicyclic) bond motifs is 3. The zero-order valence-corrected chi connectivity index (χ0v) is 18.2. The van der Waals surface area contributed by atoms with E-state index in [0.29, 0.717) is 22.2 Å². The third kappa shape index (κ3) is 2.95. The molecule has 0 radical (unpaired) electrons. The molecule has 1 aliphatic carbocycles. The van der Waals surface area contributed by atoms with Crippen LogP contribution >= 0.6 is 11.6 Å². The molecule has 1 fully saturated rings. The Bertz CT molecular complexity index is 1310. The zero-order chi connectivity index (χ0) is 21.0. The van der Waals surface area contributed by atoms with Crippen LogP contribution < -0.4 is 5.56 Å². The maximum atomic E-state index is 13.4. The molecule has 0 aliphatic heterocycles. The van der Waals surface area contributed by atoms with E-state index in [4.69, 9.17) is 16.7 Å². The number of hydrogen-bond acceptors (Lipinski definition) is 3. The van der Waals surface area contributed by atoms with Crippen molar-refractivity contribution in [3.8, 4) is 11.1 Å². The van der Waals surface area contributed by atoms with Crippen molar-refractivity contribution in [1.82, 2.24) is 19.2 Å². The summed E-state index contributed by atoms with van der Waals surface area (Å²) < 4.78 is 3.72. The van der Waals surface area contributed by atoms with Crippen molar-refractivity contribution in [3.05, 3.63) is 63.8 Å². The lowest BCUT2D eigenvalue weighted by Gasteiger charge is -2.35. The van der Waals surface area contributed by atoms with Crippen molar-refractivity contribution < 1.29 is 0 Å². The Balaban J connectivity index is 1.68.